The van der Waals surface area contributed by atoms with Gasteiger partial charge in [0, 0.05) is 17.8 Å². The van der Waals surface area contributed by atoms with Crippen LogP contribution in [0.5, 0.6) is 11.6 Å². The third-order valence-electron chi connectivity index (χ3n) is 4.24. The summed E-state index contributed by atoms with van der Waals surface area (Å²) in [7, 11) is 0. The zero-order valence-electron chi connectivity index (χ0n) is 13.2. The number of nitrogens with zero attached hydrogens (tertiary/aromatic N) is 2. The second-order valence-corrected chi connectivity index (χ2v) is 5.86. The van der Waals surface area contributed by atoms with Crippen molar-refractivity contribution in [1.82, 2.24) is 9.88 Å². The fourth-order valence-corrected chi connectivity index (χ4v) is 3.24. The van der Waals surface area contributed by atoms with Gasteiger partial charge in [0.1, 0.15) is 5.75 Å². The van der Waals surface area contributed by atoms with Crippen LogP contribution in [0.1, 0.15) is 44.2 Å². The lowest BCUT2D eigenvalue weighted by molar-refractivity contribution is 0.146. The van der Waals surface area contributed by atoms with Crippen LogP contribution in [-0.2, 0) is 0 Å². The van der Waals surface area contributed by atoms with E-state index >= 15 is 0 Å². The van der Waals surface area contributed by atoms with Gasteiger partial charge in [0.2, 0.25) is 5.88 Å². The van der Waals surface area contributed by atoms with Crippen molar-refractivity contribution in [3.63, 3.8) is 0 Å². The summed E-state index contributed by atoms with van der Waals surface area (Å²) in [5.74, 6) is 1.60. The maximum absolute atomic E-state index is 6.05. The first-order chi connectivity index (χ1) is 10.9. The van der Waals surface area contributed by atoms with Crippen LogP contribution in [0.3, 0.4) is 0 Å². The van der Waals surface area contributed by atoms with Crippen LogP contribution < -0.4 is 4.74 Å². The van der Waals surface area contributed by atoms with Gasteiger partial charge in [0.05, 0.1) is 0 Å². The minimum absolute atomic E-state index is 0.432. The van der Waals surface area contributed by atoms with E-state index in [-0.39, 0.29) is 0 Å². The van der Waals surface area contributed by atoms with E-state index in [1.54, 1.807) is 0 Å². The van der Waals surface area contributed by atoms with Gasteiger partial charge in [-0.05, 0) is 50.6 Å². The van der Waals surface area contributed by atoms with E-state index in [0.717, 1.165) is 18.2 Å². The Hall–Kier alpha value is -1.87. The zero-order valence-corrected chi connectivity index (χ0v) is 13.2. The first-order valence-corrected chi connectivity index (χ1v) is 8.30. The van der Waals surface area contributed by atoms with Crippen LogP contribution in [0.15, 0.2) is 48.7 Å². The highest BCUT2D eigenvalue weighted by atomic mass is 16.5. The number of ether oxygens (including phenoxy) is 1. The molecule has 22 heavy (non-hydrogen) atoms. The Morgan fingerprint density at radius 1 is 1.14 bits per heavy atom. The van der Waals surface area contributed by atoms with Crippen LogP contribution in [0, 0.1) is 0 Å². The Kier molecular flexibility index (Phi) is 5.07. The minimum atomic E-state index is 0.432. The van der Waals surface area contributed by atoms with E-state index in [9.17, 15) is 0 Å². The molecule has 1 atom stereocenters. The van der Waals surface area contributed by atoms with Crippen molar-refractivity contribution in [3.05, 3.63) is 54.2 Å². The Morgan fingerprint density at radius 3 is 2.82 bits per heavy atom. The lowest BCUT2D eigenvalue weighted by atomic mass is 9.95. The summed E-state index contributed by atoms with van der Waals surface area (Å²) in [6, 6.07) is 14.5. The number of benzene rings is 1. The molecule has 0 aliphatic carbocycles. The number of hydrogen-bond acceptors (Lipinski definition) is 3. The molecular weight excluding hydrogens is 272 g/mol. The highest BCUT2D eigenvalue weighted by molar-refractivity contribution is 5.34. The van der Waals surface area contributed by atoms with Crippen molar-refractivity contribution in [2.45, 2.75) is 38.6 Å². The van der Waals surface area contributed by atoms with Gasteiger partial charge in [-0.25, -0.2) is 4.98 Å². The molecule has 3 nitrogen and oxygen atoms in total. The molecule has 1 aliphatic rings. The SMILES string of the molecule is CCCN1CCCCC1c1cccnc1Oc1ccccc1. The second kappa shape index (κ2) is 7.41. The predicted molar refractivity (Wildman–Crippen MR) is 89.2 cm³/mol. The molecule has 116 valence electrons. The Bertz CT molecular complexity index is 583. The van der Waals surface area contributed by atoms with Crippen molar-refractivity contribution < 1.29 is 4.74 Å². The molecule has 2 aromatic rings. The first kappa shape index (κ1) is 15.0. The van der Waals surface area contributed by atoms with Gasteiger partial charge < -0.3 is 4.74 Å². The monoisotopic (exact) mass is 296 g/mol. The average Bonchev–Trinajstić information content (AvgIpc) is 2.57. The summed E-state index contributed by atoms with van der Waals surface area (Å²) in [5, 5.41) is 0. The molecule has 1 aromatic carbocycles. The maximum atomic E-state index is 6.05. The van der Waals surface area contributed by atoms with Crippen molar-refractivity contribution in [1.29, 1.82) is 0 Å². The molecule has 1 fully saturated rings. The summed E-state index contributed by atoms with van der Waals surface area (Å²) >= 11 is 0. The standard InChI is InChI=1S/C19H24N2O/c1-2-14-21-15-7-6-12-18(21)17-11-8-13-20-19(17)22-16-9-4-3-5-10-16/h3-5,8-11,13,18H,2,6-7,12,14-15H2,1H3. The quantitative estimate of drug-likeness (QED) is 0.791. The molecule has 0 amide bonds. The minimum Gasteiger partial charge on any atom is -0.439 e. The van der Waals surface area contributed by atoms with Gasteiger partial charge in [-0.15, -0.1) is 0 Å². The molecule has 0 bridgehead atoms. The van der Waals surface area contributed by atoms with E-state index in [1.165, 1.54) is 37.8 Å². The number of rotatable bonds is 5. The largest absolute Gasteiger partial charge is 0.439 e. The Balaban J connectivity index is 1.86. The third-order valence-corrected chi connectivity index (χ3v) is 4.24. The van der Waals surface area contributed by atoms with Crippen molar-refractivity contribution in [2.75, 3.05) is 13.1 Å². The predicted octanol–water partition coefficient (Wildman–Crippen LogP) is 4.81. The molecule has 2 heterocycles. The molecule has 0 radical (unpaired) electrons. The molecule has 1 unspecified atom stereocenters. The molecule has 1 aliphatic heterocycles. The maximum Gasteiger partial charge on any atom is 0.223 e. The highest BCUT2D eigenvalue weighted by Gasteiger charge is 2.26. The van der Waals surface area contributed by atoms with Crippen LogP contribution in [0.25, 0.3) is 0 Å². The third kappa shape index (κ3) is 3.47. The van der Waals surface area contributed by atoms with E-state index < -0.39 is 0 Å². The van der Waals surface area contributed by atoms with Crippen molar-refractivity contribution >= 4 is 0 Å². The van der Waals surface area contributed by atoms with E-state index in [2.05, 4.69) is 22.9 Å². The summed E-state index contributed by atoms with van der Waals surface area (Å²) in [6.45, 7) is 4.57. The van der Waals surface area contributed by atoms with Crippen LogP contribution >= 0.6 is 0 Å². The van der Waals surface area contributed by atoms with Crippen LogP contribution in [0.4, 0.5) is 0 Å². The Labute approximate surface area is 132 Å². The van der Waals surface area contributed by atoms with E-state index in [0.29, 0.717) is 6.04 Å². The van der Waals surface area contributed by atoms with Gasteiger partial charge in [-0.1, -0.05) is 37.6 Å². The van der Waals surface area contributed by atoms with Crippen LogP contribution in [-0.4, -0.2) is 23.0 Å². The first-order valence-electron chi connectivity index (χ1n) is 8.30. The summed E-state index contributed by atoms with van der Waals surface area (Å²) in [5.41, 5.74) is 1.22. The number of aromatic nitrogens is 1. The number of pyridine rings is 1. The van der Waals surface area contributed by atoms with Gasteiger partial charge in [-0.3, -0.25) is 4.90 Å². The lowest BCUT2D eigenvalue weighted by Crippen LogP contribution is -2.34. The number of likely N-dealkylation sites (tertiary alicyclic amines) is 1. The zero-order chi connectivity index (χ0) is 15.2. The molecule has 3 heteroatoms. The topological polar surface area (TPSA) is 25.4 Å². The molecular formula is C19H24N2O. The van der Waals surface area contributed by atoms with E-state index in [1.807, 2.05) is 42.6 Å². The molecule has 0 saturated carbocycles. The van der Waals surface area contributed by atoms with Gasteiger partial charge in [0.25, 0.3) is 0 Å². The van der Waals surface area contributed by atoms with Gasteiger partial charge in [0.15, 0.2) is 0 Å². The second-order valence-electron chi connectivity index (χ2n) is 5.86. The Morgan fingerprint density at radius 2 is 2.00 bits per heavy atom. The smallest absolute Gasteiger partial charge is 0.223 e. The molecule has 1 aromatic heterocycles. The average molecular weight is 296 g/mol. The number of para-hydroxylation sites is 1. The fourth-order valence-electron chi connectivity index (χ4n) is 3.24. The van der Waals surface area contributed by atoms with Gasteiger partial charge in [-0.2, -0.15) is 0 Å². The van der Waals surface area contributed by atoms with Crippen LogP contribution in [0.2, 0.25) is 0 Å². The molecule has 0 spiro atoms. The molecule has 0 N–H and O–H groups in total. The number of hydrogen-bond donors (Lipinski definition) is 0. The summed E-state index contributed by atoms with van der Waals surface area (Å²) < 4.78 is 6.05. The summed E-state index contributed by atoms with van der Waals surface area (Å²) in [6.07, 6.45) is 6.77. The lowest BCUT2D eigenvalue weighted by Gasteiger charge is -2.36. The summed E-state index contributed by atoms with van der Waals surface area (Å²) in [4.78, 5) is 7.08. The van der Waals surface area contributed by atoms with Gasteiger partial charge >= 0.3 is 0 Å². The molecule has 3 rings (SSSR count). The fraction of sp³-hybridized carbons (Fsp3) is 0.421. The highest BCUT2D eigenvalue weighted by Crippen LogP contribution is 2.36. The van der Waals surface area contributed by atoms with E-state index in [4.69, 9.17) is 4.74 Å². The molecule has 1 saturated heterocycles. The van der Waals surface area contributed by atoms with Crippen molar-refractivity contribution in [2.24, 2.45) is 0 Å². The van der Waals surface area contributed by atoms with Crippen molar-refractivity contribution in [3.8, 4) is 11.6 Å². The normalized spacial score (nSPS) is 19.0. The number of piperidine rings is 1.